The van der Waals surface area contributed by atoms with E-state index in [0.717, 1.165) is 11.3 Å². The van der Waals surface area contributed by atoms with E-state index in [1.807, 2.05) is 6.07 Å². The number of hydrogen-bond acceptors (Lipinski definition) is 5. The summed E-state index contributed by atoms with van der Waals surface area (Å²) in [6.07, 6.45) is -0.321. The van der Waals surface area contributed by atoms with Gasteiger partial charge in [0.1, 0.15) is 5.69 Å². The Labute approximate surface area is 151 Å². The molecule has 0 spiro atoms. The van der Waals surface area contributed by atoms with Gasteiger partial charge in [-0.3, -0.25) is 4.79 Å². The fraction of sp³-hybridized carbons (Fsp3) is 0.167. The van der Waals surface area contributed by atoms with E-state index in [0.29, 0.717) is 15.3 Å². The molecule has 8 heteroatoms. The second-order valence-corrected chi connectivity index (χ2v) is 6.35. The van der Waals surface area contributed by atoms with Gasteiger partial charge >= 0.3 is 6.18 Å². The zero-order valence-electron chi connectivity index (χ0n) is 13.8. The molecule has 4 nitrogen and oxygen atoms in total. The van der Waals surface area contributed by atoms with Gasteiger partial charge in [-0.05, 0) is 32.1 Å². The van der Waals surface area contributed by atoms with Crippen molar-refractivity contribution in [1.82, 2.24) is 5.16 Å². The van der Waals surface area contributed by atoms with Crippen LogP contribution in [0.5, 0.6) is 0 Å². The largest absolute Gasteiger partial charge is 0.452 e. The summed E-state index contributed by atoms with van der Waals surface area (Å²) in [6.45, 7) is 6.43. The third-order valence-corrected chi connectivity index (χ3v) is 4.51. The maximum absolute atomic E-state index is 12.8. The Morgan fingerprint density at radius 2 is 2.08 bits per heavy atom. The zero-order valence-corrected chi connectivity index (χ0v) is 14.7. The zero-order chi connectivity index (χ0) is 19.5. The minimum Gasteiger partial charge on any atom is -0.351 e. The quantitative estimate of drug-likeness (QED) is 0.298. The van der Waals surface area contributed by atoms with Crippen LogP contribution in [0.25, 0.3) is 10.6 Å². The van der Waals surface area contributed by atoms with Gasteiger partial charge in [0.15, 0.2) is 0 Å². The molecule has 0 aliphatic rings. The number of rotatable bonds is 5. The number of carbonyl (C=O) groups excluding carboxylic acids is 1. The molecule has 0 atom stereocenters. The van der Waals surface area contributed by atoms with Crippen molar-refractivity contribution in [2.24, 2.45) is 0 Å². The Kier molecular flexibility index (Phi) is 5.63. The first-order chi connectivity index (χ1) is 12.2. The van der Waals surface area contributed by atoms with Crippen molar-refractivity contribution in [2.45, 2.75) is 20.0 Å². The van der Waals surface area contributed by atoms with Gasteiger partial charge in [-0.1, -0.05) is 23.9 Å². The van der Waals surface area contributed by atoms with E-state index < -0.39 is 11.9 Å². The highest BCUT2D eigenvalue weighted by Gasteiger charge is 2.39. The number of carbonyl (C=O) groups is 1. The lowest BCUT2D eigenvalue weighted by atomic mass is 10.1. The molecule has 134 valence electrons. The second-order valence-electron chi connectivity index (χ2n) is 5.26. The van der Waals surface area contributed by atoms with E-state index in [1.54, 1.807) is 6.92 Å². The van der Waals surface area contributed by atoms with Crippen LogP contribution in [-0.2, 0) is 6.18 Å². The van der Waals surface area contributed by atoms with Crippen molar-refractivity contribution in [3.8, 4) is 16.6 Å². The first-order valence-electron chi connectivity index (χ1n) is 7.28. The molecule has 0 saturated heterocycles. The third-order valence-electron chi connectivity index (χ3n) is 3.42. The molecule has 0 amide bonds. The molecule has 2 aromatic rings. The summed E-state index contributed by atoms with van der Waals surface area (Å²) in [7, 11) is 0. The maximum Gasteiger partial charge on any atom is 0.452 e. The molecule has 0 aliphatic heterocycles. The van der Waals surface area contributed by atoms with E-state index >= 15 is 0 Å². The number of halogens is 3. The van der Waals surface area contributed by atoms with Gasteiger partial charge < -0.3 is 4.52 Å². The van der Waals surface area contributed by atoms with Crippen molar-refractivity contribution >= 4 is 17.1 Å². The van der Waals surface area contributed by atoms with E-state index in [9.17, 15) is 18.0 Å². The van der Waals surface area contributed by atoms with Crippen LogP contribution in [0, 0.1) is 18.3 Å². The van der Waals surface area contributed by atoms with Crippen LogP contribution in [0.1, 0.15) is 27.9 Å². The normalized spacial score (nSPS) is 12.8. The highest BCUT2D eigenvalue weighted by atomic mass is 32.1. The summed E-state index contributed by atoms with van der Waals surface area (Å²) in [6, 6.07) is 4.95. The predicted molar refractivity (Wildman–Crippen MR) is 91.5 cm³/mol. The average Bonchev–Trinajstić information content (AvgIpc) is 3.20. The monoisotopic (exact) mass is 378 g/mol. The Morgan fingerprint density at radius 3 is 2.62 bits per heavy atom. The number of aromatic nitrogens is 1. The van der Waals surface area contributed by atoms with Crippen LogP contribution >= 0.6 is 11.3 Å². The molecule has 0 unspecified atom stereocenters. The molecule has 0 saturated carbocycles. The Balaban J connectivity index is 2.36. The number of nitrogens with zero attached hydrogens (tertiary/aromatic N) is 2. The molecule has 26 heavy (non-hydrogen) atoms. The summed E-state index contributed by atoms with van der Waals surface area (Å²) in [5, 5.41) is 12.2. The topological polar surface area (TPSA) is 66.9 Å². The first-order valence-corrected chi connectivity index (χ1v) is 8.10. The van der Waals surface area contributed by atoms with Crippen molar-refractivity contribution in [3.63, 3.8) is 0 Å². The first kappa shape index (κ1) is 19.4. The van der Waals surface area contributed by atoms with Gasteiger partial charge in [0.05, 0.1) is 15.8 Å². The van der Waals surface area contributed by atoms with Gasteiger partial charge in [0, 0.05) is 16.7 Å². The number of allylic oxidation sites excluding steroid dienone is 5. The molecular formula is C18H13F3N2O2S. The molecule has 2 heterocycles. The fourth-order valence-corrected chi connectivity index (χ4v) is 3.05. The minimum atomic E-state index is -4.63. The van der Waals surface area contributed by atoms with E-state index in [1.165, 1.54) is 37.3 Å². The van der Waals surface area contributed by atoms with Gasteiger partial charge in [-0.15, -0.1) is 11.3 Å². The number of thiophene rings is 1. The molecule has 0 aromatic carbocycles. The number of hydrogen-bond donors (Lipinski definition) is 0. The minimum absolute atomic E-state index is 0.0470. The van der Waals surface area contributed by atoms with Crippen LogP contribution < -0.4 is 0 Å². The van der Waals surface area contributed by atoms with Crippen molar-refractivity contribution in [1.29, 1.82) is 5.26 Å². The molecule has 0 fully saturated rings. The number of Topliss-reactive ketones (excluding diaryl/α,β-unsaturated/α-hetero) is 1. The van der Waals surface area contributed by atoms with Crippen molar-refractivity contribution < 1.29 is 22.5 Å². The van der Waals surface area contributed by atoms with E-state index in [-0.39, 0.29) is 22.6 Å². The highest BCUT2D eigenvalue weighted by molar-refractivity contribution is 7.17. The molecule has 2 aromatic heterocycles. The smallest absolute Gasteiger partial charge is 0.351 e. The second kappa shape index (κ2) is 7.54. The van der Waals surface area contributed by atoms with Gasteiger partial charge in [0.2, 0.25) is 11.5 Å². The fourth-order valence-electron chi connectivity index (χ4n) is 2.05. The van der Waals surface area contributed by atoms with Crippen LogP contribution in [0.15, 0.2) is 52.6 Å². The number of alkyl halides is 3. The van der Waals surface area contributed by atoms with Crippen LogP contribution in [0.3, 0.4) is 0 Å². The number of ketones is 1. The third kappa shape index (κ3) is 4.00. The predicted octanol–water partition coefficient (Wildman–Crippen LogP) is 5.50. The lowest BCUT2D eigenvalue weighted by Gasteiger charge is -2.01. The average molecular weight is 378 g/mol. The molecule has 0 N–H and O–H groups in total. The van der Waals surface area contributed by atoms with Crippen LogP contribution in [0.2, 0.25) is 0 Å². The lowest BCUT2D eigenvalue weighted by molar-refractivity contribution is -0.156. The summed E-state index contributed by atoms with van der Waals surface area (Å²) in [5.74, 6) is -1.51. The van der Waals surface area contributed by atoms with Crippen molar-refractivity contribution in [2.75, 3.05) is 0 Å². The molecular weight excluding hydrogens is 365 g/mol. The number of nitriles is 1. The Bertz CT molecular complexity index is 956. The maximum atomic E-state index is 12.8. The Hall–Kier alpha value is -2.92. The van der Waals surface area contributed by atoms with E-state index in [4.69, 9.17) is 5.26 Å². The lowest BCUT2D eigenvalue weighted by Crippen LogP contribution is -2.04. The van der Waals surface area contributed by atoms with Crippen LogP contribution in [-0.4, -0.2) is 10.9 Å². The summed E-state index contributed by atoms with van der Waals surface area (Å²) >= 11 is 1.00. The van der Waals surface area contributed by atoms with Gasteiger partial charge in [-0.2, -0.15) is 18.4 Å². The summed E-state index contributed by atoms with van der Waals surface area (Å²) in [5.41, 5.74) is 0.596. The van der Waals surface area contributed by atoms with Gasteiger partial charge in [-0.25, -0.2) is 0 Å². The van der Waals surface area contributed by atoms with Gasteiger partial charge in [0.25, 0.3) is 0 Å². The molecule has 0 radical (unpaired) electrons. The summed E-state index contributed by atoms with van der Waals surface area (Å²) in [4.78, 5) is 13.2. The SMILES string of the molecule is C=C/C(=C\C=C(/C)C#N)C(=O)c1ccc(-c2noc(C(F)(F)F)c2C)s1. The summed E-state index contributed by atoms with van der Waals surface area (Å²) < 4.78 is 42.8. The van der Waals surface area contributed by atoms with Crippen LogP contribution in [0.4, 0.5) is 13.2 Å². The highest BCUT2D eigenvalue weighted by Crippen LogP contribution is 2.38. The standard InChI is InChI=1S/C18H13F3N2O2S/c1-4-12(6-5-10(2)9-22)16(24)14-8-7-13(26-14)15-11(3)17(25-23-15)18(19,20)21/h4-8H,1H2,2-3H3/b10-5+,12-6+. The van der Waals surface area contributed by atoms with E-state index in [2.05, 4.69) is 16.3 Å². The van der Waals surface area contributed by atoms with Crippen molar-refractivity contribution in [3.05, 3.63) is 64.3 Å². The molecule has 2 rings (SSSR count). The Morgan fingerprint density at radius 1 is 1.38 bits per heavy atom. The molecule has 0 bridgehead atoms. The molecule has 0 aliphatic carbocycles.